The third kappa shape index (κ3) is 5.90. The van der Waals surface area contributed by atoms with Gasteiger partial charge in [0.15, 0.2) is 6.29 Å². The van der Waals surface area contributed by atoms with E-state index in [-0.39, 0.29) is 6.29 Å². The summed E-state index contributed by atoms with van der Waals surface area (Å²) in [5, 5.41) is 3.48. The molecule has 114 valence electrons. The van der Waals surface area contributed by atoms with E-state index in [1.165, 1.54) is 5.56 Å². The molecule has 0 radical (unpaired) electrons. The standard InChI is InChI=1S/C16H27NO3/c1-5-19-16(20-6-2)11-12-17-13(3)14-7-9-15(18-4)10-8-14/h7-10,13,16-17H,5-6,11-12H2,1-4H3/t13-/m1/s1. The molecule has 0 fully saturated rings. The molecular formula is C16H27NO3. The average Bonchev–Trinajstić information content (AvgIpc) is 2.47. The van der Waals surface area contributed by atoms with Crippen LogP contribution in [0.4, 0.5) is 0 Å². The molecule has 0 spiro atoms. The van der Waals surface area contributed by atoms with Crippen LogP contribution in [0, 0.1) is 0 Å². The zero-order chi connectivity index (χ0) is 14.8. The molecule has 1 atom stereocenters. The van der Waals surface area contributed by atoms with Gasteiger partial charge >= 0.3 is 0 Å². The van der Waals surface area contributed by atoms with Crippen molar-refractivity contribution < 1.29 is 14.2 Å². The maximum atomic E-state index is 5.52. The van der Waals surface area contributed by atoms with Gasteiger partial charge < -0.3 is 19.5 Å². The molecule has 0 bridgehead atoms. The minimum Gasteiger partial charge on any atom is -0.497 e. The first-order valence-corrected chi connectivity index (χ1v) is 7.31. The van der Waals surface area contributed by atoms with E-state index in [1.807, 2.05) is 26.0 Å². The second-order valence-electron chi connectivity index (χ2n) is 4.58. The molecule has 1 N–H and O–H groups in total. The molecule has 0 unspecified atom stereocenters. The molecule has 1 aromatic carbocycles. The number of benzene rings is 1. The molecule has 0 heterocycles. The highest BCUT2D eigenvalue weighted by atomic mass is 16.7. The Labute approximate surface area is 122 Å². The van der Waals surface area contributed by atoms with Gasteiger partial charge in [-0.05, 0) is 38.5 Å². The zero-order valence-corrected chi connectivity index (χ0v) is 13.0. The molecule has 0 aliphatic heterocycles. The minimum absolute atomic E-state index is 0.111. The Morgan fingerprint density at radius 3 is 2.15 bits per heavy atom. The lowest BCUT2D eigenvalue weighted by Gasteiger charge is -2.19. The van der Waals surface area contributed by atoms with Crippen molar-refractivity contribution >= 4 is 0 Å². The van der Waals surface area contributed by atoms with Gasteiger partial charge in [-0.1, -0.05) is 12.1 Å². The summed E-state index contributed by atoms with van der Waals surface area (Å²) >= 11 is 0. The van der Waals surface area contributed by atoms with E-state index in [2.05, 4.69) is 24.4 Å². The molecule has 4 heteroatoms. The van der Waals surface area contributed by atoms with Gasteiger partial charge in [0.05, 0.1) is 7.11 Å². The van der Waals surface area contributed by atoms with Gasteiger partial charge in [-0.15, -0.1) is 0 Å². The van der Waals surface area contributed by atoms with Crippen LogP contribution in [0.15, 0.2) is 24.3 Å². The maximum Gasteiger partial charge on any atom is 0.158 e. The lowest BCUT2D eigenvalue weighted by Crippen LogP contribution is -2.26. The maximum absolute atomic E-state index is 5.52. The first-order chi connectivity index (χ1) is 9.71. The third-order valence-electron chi connectivity index (χ3n) is 3.15. The van der Waals surface area contributed by atoms with Crippen LogP contribution < -0.4 is 10.1 Å². The Morgan fingerprint density at radius 2 is 1.65 bits per heavy atom. The largest absolute Gasteiger partial charge is 0.497 e. The topological polar surface area (TPSA) is 39.7 Å². The van der Waals surface area contributed by atoms with Crippen molar-refractivity contribution in [2.75, 3.05) is 26.9 Å². The third-order valence-corrected chi connectivity index (χ3v) is 3.15. The molecule has 1 rings (SSSR count). The number of hydrogen-bond donors (Lipinski definition) is 1. The first-order valence-electron chi connectivity index (χ1n) is 7.31. The van der Waals surface area contributed by atoms with E-state index in [9.17, 15) is 0 Å². The monoisotopic (exact) mass is 281 g/mol. The Balaban J connectivity index is 2.35. The quantitative estimate of drug-likeness (QED) is 0.669. The predicted molar refractivity (Wildman–Crippen MR) is 81.1 cm³/mol. The summed E-state index contributed by atoms with van der Waals surface area (Å²) in [5.74, 6) is 0.883. The van der Waals surface area contributed by atoms with Gasteiger partial charge in [0.25, 0.3) is 0 Å². The fraction of sp³-hybridized carbons (Fsp3) is 0.625. The summed E-state index contributed by atoms with van der Waals surface area (Å²) in [7, 11) is 1.68. The number of nitrogens with one attached hydrogen (secondary N) is 1. The highest BCUT2D eigenvalue weighted by Crippen LogP contribution is 2.17. The lowest BCUT2D eigenvalue weighted by atomic mass is 10.1. The Kier molecular flexibility index (Phi) is 8.26. The van der Waals surface area contributed by atoms with Gasteiger partial charge in [0, 0.05) is 32.2 Å². The highest BCUT2D eigenvalue weighted by molar-refractivity contribution is 5.28. The van der Waals surface area contributed by atoms with Crippen LogP contribution in [-0.2, 0) is 9.47 Å². The van der Waals surface area contributed by atoms with Gasteiger partial charge in [-0.25, -0.2) is 0 Å². The smallest absolute Gasteiger partial charge is 0.158 e. The molecule has 0 saturated carbocycles. The summed E-state index contributed by atoms with van der Waals surface area (Å²) in [5.41, 5.74) is 1.25. The van der Waals surface area contributed by atoms with Gasteiger partial charge in [0.1, 0.15) is 5.75 Å². The van der Waals surface area contributed by atoms with E-state index in [1.54, 1.807) is 7.11 Å². The van der Waals surface area contributed by atoms with Crippen LogP contribution in [0.5, 0.6) is 5.75 Å². The summed E-state index contributed by atoms with van der Waals surface area (Å²) in [6.07, 6.45) is 0.739. The molecule has 0 saturated heterocycles. The van der Waals surface area contributed by atoms with E-state index in [0.29, 0.717) is 19.3 Å². The van der Waals surface area contributed by atoms with Crippen LogP contribution >= 0.6 is 0 Å². The summed E-state index contributed by atoms with van der Waals surface area (Å²) < 4.78 is 16.2. The van der Waals surface area contributed by atoms with Crippen molar-refractivity contribution in [1.82, 2.24) is 5.32 Å². The second-order valence-corrected chi connectivity index (χ2v) is 4.58. The normalized spacial score (nSPS) is 12.7. The molecule has 20 heavy (non-hydrogen) atoms. The number of rotatable bonds is 10. The Hall–Kier alpha value is -1.10. The highest BCUT2D eigenvalue weighted by Gasteiger charge is 2.09. The Bertz CT molecular complexity index is 347. The van der Waals surface area contributed by atoms with Crippen molar-refractivity contribution in [3.8, 4) is 5.75 Å². The summed E-state index contributed by atoms with van der Waals surface area (Å²) in [4.78, 5) is 0. The fourth-order valence-electron chi connectivity index (χ4n) is 2.01. The summed E-state index contributed by atoms with van der Waals surface area (Å²) in [6, 6.07) is 8.43. The number of methoxy groups -OCH3 is 1. The van der Waals surface area contributed by atoms with Gasteiger partial charge in [0.2, 0.25) is 0 Å². The van der Waals surface area contributed by atoms with Crippen molar-refractivity contribution in [2.24, 2.45) is 0 Å². The van der Waals surface area contributed by atoms with Crippen LogP contribution in [0.1, 0.15) is 38.8 Å². The van der Waals surface area contributed by atoms with E-state index in [0.717, 1.165) is 18.7 Å². The molecular weight excluding hydrogens is 254 g/mol. The Morgan fingerprint density at radius 1 is 1.05 bits per heavy atom. The zero-order valence-electron chi connectivity index (χ0n) is 13.0. The van der Waals surface area contributed by atoms with Crippen LogP contribution in [0.3, 0.4) is 0 Å². The molecule has 1 aromatic rings. The van der Waals surface area contributed by atoms with E-state index < -0.39 is 0 Å². The van der Waals surface area contributed by atoms with Gasteiger partial charge in [-0.3, -0.25) is 0 Å². The van der Waals surface area contributed by atoms with E-state index >= 15 is 0 Å². The van der Waals surface area contributed by atoms with Crippen molar-refractivity contribution in [1.29, 1.82) is 0 Å². The minimum atomic E-state index is -0.111. The molecule has 0 amide bonds. The molecule has 0 aliphatic carbocycles. The molecule has 0 aromatic heterocycles. The predicted octanol–water partition coefficient (Wildman–Crippen LogP) is 3.14. The number of ether oxygens (including phenoxy) is 3. The van der Waals surface area contributed by atoms with Crippen molar-refractivity contribution in [3.63, 3.8) is 0 Å². The first kappa shape index (κ1) is 17.0. The van der Waals surface area contributed by atoms with Crippen molar-refractivity contribution in [2.45, 2.75) is 39.5 Å². The average molecular weight is 281 g/mol. The lowest BCUT2D eigenvalue weighted by molar-refractivity contribution is -0.138. The number of hydrogen-bond acceptors (Lipinski definition) is 4. The fourth-order valence-corrected chi connectivity index (χ4v) is 2.01. The van der Waals surface area contributed by atoms with Gasteiger partial charge in [-0.2, -0.15) is 0 Å². The van der Waals surface area contributed by atoms with E-state index in [4.69, 9.17) is 14.2 Å². The van der Waals surface area contributed by atoms with Crippen LogP contribution in [0.2, 0.25) is 0 Å². The van der Waals surface area contributed by atoms with Crippen molar-refractivity contribution in [3.05, 3.63) is 29.8 Å². The molecule has 0 aliphatic rings. The second kappa shape index (κ2) is 9.75. The molecule has 4 nitrogen and oxygen atoms in total. The summed E-state index contributed by atoms with van der Waals surface area (Å²) in [6.45, 7) is 8.34. The SMILES string of the molecule is CCOC(CCN[C@H](C)c1ccc(OC)cc1)OCC. The van der Waals surface area contributed by atoms with Crippen LogP contribution in [0.25, 0.3) is 0 Å². The van der Waals surface area contributed by atoms with Crippen LogP contribution in [-0.4, -0.2) is 33.2 Å².